The van der Waals surface area contributed by atoms with Crippen molar-refractivity contribution in [2.45, 2.75) is 38.6 Å². The van der Waals surface area contributed by atoms with Crippen LogP contribution in [0.15, 0.2) is 11.6 Å². The fourth-order valence-electron chi connectivity index (χ4n) is 2.10. The Morgan fingerprint density at radius 3 is 2.94 bits per heavy atom. The molecule has 1 fully saturated rings. The van der Waals surface area contributed by atoms with E-state index in [0.29, 0.717) is 24.2 Å². The summed E-state index contributed by atoms with van der Waals surface area (Å²) in [7, 11) is 0. The van der Waals surface area contributed by atoms with E-state index in [1.54, 1.807) is 0 Å². The quantitative estimate of drug-likeness (QED) is 0.757. The van der Waals surface area contributed by atoms with Crippen molar-refractivity contribution in [3.8, 4) is 0 Å². The number of nitrogens with one attached hydrogen (secondary N) is 1. The van der Waals surface area contributed by atoms with Crippen LogP contribution in [0.3, 0.4) is 0 Å². The Bertz CT molecular complexity index is 255. The van der Waals surface area contributed by atoms with Crippen molar-refractivity contribution < 1.29 is 9.53 Å². The third kappa shape index (κ3) is 4.54. The van der Waals surface area contributed by atoms with E-state index >= 15 is 0 Å². The first-order chi connectivity index (χ1) is 7.63. The van der Waals surface area contributed by atoms with Crippen LogP contribution in [-0.4, -0.2) is 25.2 Å². The van der Waals surface area contributed by atoms with Crippen molar-refractivity contribution >= 4 is 17.6 Å². The molecule has 0 heterocycles. The summed E-state index contributed by atoms with van der Waals surface area (Å²) in [5.74, 6) is -0.00603. The maximum absolute atomic E-state index is 11.6. The molecular formula is C12H20ClNO2. The number of esters is 1. The van der Waals surface area contributed by atoms with E-state index in [-0.39, 0.29) is 11.9 Å². The predicted molar refractivity (Wildman–Crippen MR) is 65.4 cm³/mol. The SMILES string of the molecule is C=C(Cl)CNC1CCCC(C(=O)OCC)C1. The summed E-state index contributed by atoms with van der Waals surface area (Å²) < 4.78 is 5.04. The highest BCUT2D eigenvalue weighted by atomic mass is 35.5. The lowest BCUT2D eigenvalue weighted by Crippen LogP contribution is -2.37. The average molecular weight is 246 g/mol. The topological polar surface area (TPSA) is 38.3 Å². The van der Waals surface area contributed by atoms with Gasteiger partial charge in [0.1, 0.15) is 0 Å². The smallest absolute Gasteiger partial charge is 0.308 e. The third-order valence-corrected chi connectivity index (χ3v) is 3.01. The minimum absolute atomic E-state index is 0.0507. The van der Waals surface area contributed by atoms with Crippen LogP contribution < -0.4 is 5.32 Å². The van der Waals surface area contributed by atoms with Gasteiger partial charge in [-0.05, 0) is 26.2 Å². The summed E-state index contributed by atoms with van der Waals surface area (Å²) in [5.41, 5.74) is 0. The minimum atomic E-state index is -0.0568. The van der Waals surface area contributed by atoms with Crippen LogP contribution in [0.2, 0.25) is 0 Å². The zero-order valence-corrected chi connectivity index (χ0v) is 10.6. The van der Waals surface area contributed by atoms with E-state index in [1.165, 1.54) is 0 Å². The molecule has 0 aromatic heterocycles. The zero-order chi connectivity index (χ0) is 12.0. The first-order valence-electron chi connectivity index (χ1n) is 5.86. The summed E-state index contributed by atoms with van der Waals surface area (Å²) in [6, 6.07) is 0.360. The molecule has 1 aliphatic rings. The fourth-order valence-corrected chi connectivity index (χ4v) is 2.18. The molecule has 0 amide bonds. The molecule has 1 saturated carbocycles. The van der Waals surface area contributed by atoms with E-state index in [0.717, 1.165) is 25.7 Å². The van der Waals surface area contributed by atoms with Crippen LogP contribution in [0, 0.1) is 5.92 Å². The average Bonchev–Trinajstić information content (AvgIpc) is 2.27. The molecule has 1 aliphatic carbocycles. The van der Waals surface area contributed by atoms with Crippen molar-refractivity contribution in [3.63, 3.8) is 0 Å². The summed E-state index contributed by atoms with van der Waals surface area (Å²) in [4.78, 5) is 11.6. The highest BCUT2D eigenvalue weighted by Gasteiger charge is 2.27. The normalized spacial score (nSPS) is 25.1. The number of ether oxygens (including phenoxy) is 1. The highest BCUT2D eigenvalue weighted by molar-refractivity contribution is 6.29. The van der Waals surface area contributed by atoms with Gasteiger partial charge in [0, 0.05) is 17.6 Å². The lowest BCUT2D eigenvalue weighted by atomic mass is 9.86. The zero-order valence-electron chi connectivity index (χ0n) is 9.80. The Morgan fingerprint density at radius 1 is 1.56 bits per heavy atom. The Hall–Kier alpha value is -0.540. The Balaban J connectivity index is 2.34. The highest BCUT2D eigenvalue weighted by Crippen LogP contribution is 2.25. The van der Waals surface area contributed by atoms with Gasteiger partial charge in [-0.2, -0.15) is 0 Å². The van der Waals surface area contributed by atoms with Crippen LogP contribution in [0.5, 0.6) is 0 Å². The van der Waals surface area contributed by atoms with E-state index < -0.39 is 0 Å². The van der Waals surface area contributed by atoms with Gasteiger partial charge in [-0.1, -0.05) is 24.6 Å². The number of hydrogen-bond acceptors (Lipinski definition) is 3. The van der Waals surface area contributed by atoms with Crippen molar-refractivity contribution in [2.24, 2.45) is 5.92 Å². The molecule has 0 spiro atoms. The van der Waals surface area contributed by atoms with Crippen molar-refractivity contribution in [2.75, 3.05) is 13.2 Å². The van der Waals surface area contributed by atoms with Crippen LogP contribution in [0.1, 0.15) is 32.6 Å². The van der Waals surface area contributed by atoms with Gasteiger partial charge in [-0.3, -0.25) is 4.79 Å². The molecule has 2 atom stereocenters. The van der Waals surface area contributed by atoms with E-state index in [2.05, 4.69) is 11.9 Å². The minimum Gasteiger partial charge on any atom is -0.466 e. The summed E-state index contributed by atoms with van der Waals surface area (Å²) in [5, 5.41) is 3.92. The van der Waals surface area contributed by atoms with Crippen LogP contribution in [-0.2, 0) is 9.53 Å². The Kier molecular flexibility index (Phi) is 5.85. The predicted octanol–water partition coefficient (Wildman–Crippen LogP) is 2.45. The monoisotopic (exact) mass is 245 g/mol. The Morgan fingerprint density at radius 2 is 2.31 bits per heavy atom. The van der Waals surface area contributed by atoms with Crippen LogP contribution >= 0.6 is 11.6 Å². The molecule has 92 valence electrons. The lowest BCUT2D eigenvalue weighted by molar-refractivity contribution is -0.149. The summed E-state index contributed by atoms with van der Waals surface area (Å²) in [6.45, 7) is 6.55. The molecule has 3 nitrogen and oxygen atoms in total. The number of rotatable bonds is 5. The van der Waals surface area contributed by atoms with Gasteiger partial charge in [0.2, 0.25) is 0 Å². The van der Waals surface area contributed by atoms with Crippen LogP contribution in [0.4, 0.5) is 0 Å². The third-order valence-electron chi connectivity index (χ3n) is 2.88. The van der Waals surface area contributed by atoms with Crippen molar-refractivity contribution in [1.29, 1.82) is 0 Å². The molecule has 0 aromatic rings. The van der Waals surface area contributed by atoms with E-state index in [1.807, 2.05) is 6.92 Å². The van der Waals surface area contributed by atoms with Gasteiger partial charge >= 0.3 is 5.97 Å². The first kappa shape index (κ1) is 13.5. The standard InChI is InChI=1S/C12H20ClNO2/c1-3-16-12(15)10-5-4-6-11(7-10)14-8-9(2)13/h10-11,14H,2-8H2,1H3. The fraction of sp³-hybridized carbons (Fsp3) is 0.750. The molecule has 1 N–H and O–H groups in total. The summed E-state index contributed by atoms with van der Waals surface area (Å²) in [6.07, 6.45) is 3.96. The van der Waals surface area contributed by atoms with Crippen molar-refractivity contribution in [1.82, 2.24) is 5.32 Å². The molecule has 2 unspecified atom stereocenters. The van der Waals surface area contributed by atoms with E-state index in [9.17, 15) is 4.79 Å². The van der Waals surface area contributed by atoms with Crippen LogP contribution in [0.25, 0.3) is 0 Å². The largest absolute Gasteiger partial charge is 0.466 e. The second-order valence-corrected chi connectivity index (χ2v) is 4.75. The number of halogens is 1. The molecule has 4 heteroatoms. The molecule has 16 heavy (non-hydrogen) atoms. The van der Waals surface area contributed by atoms with E-state index in [4.69, 9.17) is 16.3 Å². The summed E-state index contributed by atoms with van der Waals surface area (Å²) >= 11 is 5.70. The number of carbonyl (C=O) groups excluding carboxylic acids is 1. The Labute approximate surface area is 102 Å². The van der Waals surface area contributed by atoms with Gasteiger partial charge in [-0.15, -0.1) is 0 Å². The van der Waals surface area contributed by atoms with Gasteiger partial charge in [-0.25, -0.2) is 0 Å². The molecule has 0 radical (unpaired) electrons. The van der Waals surface area contributed by atoms with Crippen molar-refractivity contribution in [3.05, 3.63) is 11.6 Å². The molecule has 0 aliphatic heterocycles. The first-order valence-corrected chi connectivity index (χ1v) is 6.24. The second-order valence-electron chi connectivity index (χ2n) is 4.21. The van der Waals surface area contributed by atoms with Gasteiger partial charge in [0.15, 0.2) is 0 Å². The molecule has 0 aromatic carbocycles. The molecule has 0 bridgehead atoms. The number of carbonyl (C=O) groups is 1. The van der Waals surface area contributed by atoms with Gasteiger partial charge in [0.05, 0.1) is 12.5 Å². The lowest BCUT2D eigenvalue weighted by Gasteiger charge is -2.28. The maximum Gasteiger partial charge on any atom is 0.308 e. The number of hydrogen-bond donors (Lipinski definition) is 1. The molecular weight excluding hydrogens is 226 g/mol. The molecule has 0 saturated heterocycles. The van der Waals surface area contributed by atoms with Gasteiger partial charge in [0.25, 0.3) is 0 Å². The molecule has 1 rings (SSSR count). The maximum atomic E-state index is 11.6. The second kappa shape index (κ2) is 6.92. The van der Waals surface area contributed by atoms with Gasteiger partial charge < -0.3 is 10.1 Å².